The zero-order valence-corrected chi connectivity index (χ0v) is 12.0. The van der Waals surface area contributed by atoms with E-state index in [1.54, 1.807) is 0 Å². The maximum atomic E-state index is 12.3. The van der Waals surface area contributed by atoms with E-state index < -0.39 is 5.97 Å². The topological polar surface area (TPSA) is 86.6 Å². The number of carbonyl (C=O) groups excluding carboxylic acids is 1. The van der Waals surface area contributed by atoms with Gasteiger partial charge in [0.2, 0.25) is 5.91 Å². The molecule has 114 valence electrons. The predicted octanol–water partition coefficient (Wildman–Crippen LogP) is 3.39. The first kappa shape index (κ1) is 15.4. The van der Waals surface area contributed by atoms with Crippen LogP contribution in [0, 0.1) is 5.92 Å². The van der Waals surface area contributed by atoms with Crippen molar-refractivity contribution in [1.29, 1.82) is 0 Å². The second-order valence-electron chi connectivity index (χ2n) is 5.57. The van der Waals surface area contributed by atoms with E-state index in [2.05, 4.69) is 5.32 Å². The van der Waals surface area contributed by atoms with Crippen molar-refractivity contribution in [3.05, 3.63) is 23.8 Å². The van der Waals surface area contributed by atoms with Gasteiger partial charge >= 0.3 is 5.97 Å². The van der Waals surface area contributed by atoms with Gasteiger partial charge in [-0.1, -0.05) is 32.1 Å². The van der Waals surface area contributed by atoms with Crippen LogP contribution in [0.15, 0.2) is 18.2 Å². The molecule has 0 saturated heterocycles. The van der Waals surface area contributed by atoms with Crippen molar-refractivity contribution in [2.45, 2.75) is 44.9 Å². The third kappa shape index (κ3) is 4.21. The van der Waals surface area contributed by atoms with Crippen molar-refractivity contribution in [2.75, 3.05) is 5.32 Å². The quantitative estimate of drug-likeness (QED) is 0.745. The van der Waals surface area contributed by atoms with E-state index in [4.69, 9.17) is 5.11 Å². The van der Waals surface area contributed by atoms with Crippen LogP contribution in [-0.2, 0) is 4.79 Å². The molecule has 1 aliphatic rings. The second kappa shape index (κ2) is 7.11. The summed E-state index contributed by atoms with van der Waals surface area (Å²) >= 11 is 0. The summed E-state index contributed by atoms with van der Waals surface area (Å²) in [5, 5.41) is 21.2. The molecule has 3 N–H and O–H groups in total. The number of hydrogen-bond acceptors (Lipinski definition) is 3. The van der Waals surface area contributed by atoms with Gasteiger partial charge in [-0.3, -0.25) is 4.79 Å². The van der Waals surface area contributed by atoms with Crippen molar-refractivity contribution in [3.63, 3.8) is 0 Å². The SMILES string of the molecule is O=C(O)c1cc(NC(=O)C2CCCCCCC2)ccc1O. The van der Waals surface area contributed by atoms with E-state index in [-0.39, 0.29) is 23.1 Å². The first-order valence-electron chi connectivity index (χ1n) is 7.45. The van der Waals surface area contributed by atoms with Crippen molar-refractivity contribution >= 4 is 17.6 Å². The Hall–Kier alpha value is -2.04. The minimum atomic E-state index is -1.21. The number of carbonyl (C=O) groups is 2. The van der Waals surface area contributed by atoms with Gasteiger partial charge in [-0.25, -0.2) is 4.79 Å². The number of amides is 1. The Morgan fingerprint density at radius 2 is 1.67 bits per heavy atom. The molecule has 0 bridgehead atoms. The largest absolute Gasteiger partial charge is 0.507 e. The molecule has 1 aliphatic carbocycles. The third-order valence-electron chi connectivity index (χ3n) is 3.97. The monoisotopic (exact) mass is 291 g/mol. The van der Waals surface area contributed by atoms with Crippen LogP contribution in [0.4, 0.5) is 5.69 Å². The molecule has 0 radical (unpaired) electrons. The van der Waals surface area contributed by atoms with Crippen LogP contribution in [0.1, 0.15) is 55.3 Å². The lowest BCUT2D eigenvalue weighted by Gasteiger charge is -2.19. The lowest BCUT2D eigenvalue weighted by molar-refractivity contribution is -0.120. The van der Waals surface area contributed by atoms with Gasteiger partial charge in [-0.15, -0.1) is 0 Å². The van der Waals surface area contributed by atoms with Gasteiger partial charge in [0.15, 0.2) is 0 Å². The Bertz CT molecular complexity index is 519. The molecule has 1 fully saturated rings. The Labute approximate surface area is 124 Å². The Kier molecular flexibility index (Phi) is 5.20. The summed E-state index contributed by atoms with van der Waals surface area (Å²) in [6.07, 6.45) is 7.49. The fraction of sp³-hybridized carbons (Fsp3) is 0.500. The minimum Gasteiger partial charge on any atom is -0.507 e. The van der Waals surface area contributed by atoms with E-state index in [9.17, 15) is 14.7 Å². The molecule has 1 saturated carbocycles. The molecule has 0 heterocycles. The molecule has 0 unspecified atom stereocenters. The predicted molar refractivity (Wildman–Crippen MR) is 79.5 cm³/mol. The lowest BCUT2D eigenvalue weighted by atomic mass is 9.90. The first-order valence-corrected chi connectivity index (χ1v) is 7.45. The number of aromatic hydroxyl groups is 1. The van der Waals surface area contributed by atoms with Crippen LogP contribution in [0.25, 0.3) is 0 Å². The summed E-state index contributed by atoms with van der Waals surface area (Å²) in [4.78, 5) is 23.2. The van der Waals surface area contributed by atoms with E-state index in [0.717, 1.165) is 25.7 Å². The number of benzene rings is 1. The van der Waals surface area contributed by atoms with Crippen molar-refractivity contribution in [1.82, 2.24) is 0 Å². The molecule has 1 amide bonds. The Morgan fingerprint density at radius 1 is 1.05 bits per heavy atom. The highest BCUT2D eigenvalue weighted by Crippen LogP contribution is 2.25. The molecule has 2 rings (SSSR count). The molecule has 1 aromatic carbocycles. The van der Waals surface area contributed by atoms with Gasteiger partial charge in [0.05, 0.1) is 0 Å². The summed E-state index contributed by atoms with van der Waals surface area (Å²) in [5.74, 6) is -1.58. The van der Waals surface area contributed by atoms with Gasteiger partial charge in [0.25, 0.3) is 0 Å². The number of aromatic carboxylic acids is 1. The smallest absolute Gasteiger partial charge is 0.339 e. The summed E-state index contributed by atoms with van der Waals surface area (Å²) in [7, 11) is 0. The fourth-order valence-electron chi connectivity index (χ4n) is 2.75. The van der Waals surface area contributed by atoms with Gasteiger partial charge in [0, 0.05) is 11.6 Å². The van der Waals surface area contributed by atoms with Crippen LogP contribution < -0.4 is 5.32 Å². The average molecular weight is 291 g/mol. The number of carboxylic acid groups (broad SMARTS) is 1. The maximum Gasteiger partial charge on any atom is 0.339 e. The molecule has 0 spiro atoms. The lowest BCUT2D eigenvalue weighted by Crippen LogP contribution is -2.23. The van der Waals surface area contributed by atoms with Gasteiger partial charge in [-0.2, -0.15) is 0 Å². The van der Waals surface area contributed by atoms with Crippen LogP contribution in [0.5, 0.6) is 5.75 Å². The van der Waals surface area contributed by atoms with Gasteiger partial charge < -0.3 is 15.5 Å². The molecule has 0 aliphatic heterocycles. The highest BCUT2D eigenvalue weighted by molar-refractivity contribution is 5.96. The van der Waals surface area contributed by atoms with E-state index in [1.807, 2.05) is 0 Å². The normalized spacial score (nSPS) is 16.8. The van der Waals surface area contributed by atoms with Gasteiger partial charge in [-0.05, 0) is 31.0 Å². The zero-order valence-electron chi connectivity index (χ0n) is 12.0. The Balaban J connectivity index is 2.04. The minimum absolute atomic E-state index is 0.00705. The summed E-state index contributed by atoms with van der Waals surface area (Å²) in [6, 6.07) is 4.10. The van der Waals surface area contributed by atoms with Crippen molar-refractivity contribution in [2.24, 2.45) is 5.92 Å². The molecule has 0 atom stereocenters. The average Bonchev–Trinajstić information content (AvgIpc) is 2.40. The highest BCUT2D eigenvalue weighted by atomic mass is 16.4. The number of anilines is 1. The third-order valence-corrected chi connectivity index (χ3v) is 3.97. The molecule has 5 nitrogen and oxygen atoms in total. The summed E-state index contributed by atoms with van der Waals surface area (Å²) in [6.45, 7) is 0. The number of rotatable bonds is 3. The van der Waals surface area contributed by atoms with E-state index in [1.165, 1.54) is 37.5 Å². The molecule has 1 aromatic rings. The molecule has 21 heavy (non-hydrogen) atoms. The Morgan fingerprint density at radius 3 is 2.29 bits per heavy atom. The first-order chi connectivity index (χ1) is 10.1. The summed E-state index contributed by atoms with van der Waals surface area (Å²) < 4.78 is 0. The molecular formula is C16H21NO4. The van der Waals surface area contributed by atoms with Crippen LogP contribution in [0.2, 0.25) is 0 Å². The van der Waals surface area contributed by atoms with Crippen molar-refractivity contribution in [3.8, 4) is 5.75 Å². The fourth-order valence-corrected chi connectivity index (χ4v) is 2.75. The maximum absolute atomic E-state index is 12.3. The van der Waals surface area contributed by atoms with Crippen LogP contribution >= 0.6 is 0 Å². The molecule has 5 heteroatoms. The summed E-state index contributed by atoms with van der Waals surface area (Å²) in [5.41, 5.74) is 0.211. The van der Waals surface area contributed by atoms with E-state index >= 15 is 0 Å². The van der Waals surface area contributed by atoms with Crippen LogP contribution in [0.3, 0.4) is 0 Å². The molecular weight excluding hydrogens is 270 g/mol. The number of carboxylic acids is 1. The van der Waals surface area contributed by atoms with Crippen LogP contribution in [-0.4, -0.2) is 22.1 Å². The number of hydrogen-bond donors (Lipinski definition) is 3. The number of nitrogens with one attached hydrogen (secondary N) is 1. The second-order valence-corrected chi connectivity index (χ2v) is 5.57. The van der Waals surface area contributed by atoms with Crippen molar-refractivity contribution < 1.29 is 19.8 Å². The number of phenols is 1. The van der Waals surface area contributed by atoms with Gasteiger partial charge in [0.1, 0.15) is 11.3 Å². The standard InChI is InChI=1S/C16H21NO4/c18-14-9-8-12(10-13(14)16(20)21)17-15(19)11-6-4-2-1-3-5-7-11/h8-11,18H,1-7H2,(H,17,19)(H,20,21). The highest BCUT2D eigenvalue weighted by Gasteiger charge is 2.20. The molecule has 0 aromatic heterocycles. The zero-order chi connectivity index (χ0) is 15.2. The van der Waals surface area contributed by atoms with E-state index in [0.29, 0.717) is 5.69 Å².